The summed E-state index contributed by atoms with van der Waals surface area (Å²) in [6, 6.07) is 17.9. The summed E-state index contributed by atoms with van der Waals surface area (Å²) in [6.45, 7) is 3.79. The zero-order valence-electron chi connectivity index (χ0n) is 16.2. The van der Waals surface area contributed by atoms with E-state index in [1.807, 2.05) is 13.8 Å². The number of aromatic hydroxyl groups is 1. The third-order valence-corrected chi connectivity index (χ3v) is 3.55. The van der Waals surface area contributed by atoms with Gasteiger partial charge in [0.2, 0.25) is 0 Å². The molecule has 3 aromatic rings. The van der Waals surface area contributed by atoms with Crippen LogP contribution in [0, 0.1) is 44.2 Å². The van der Waals surface area contributed by atoms with Crippen molar-refractivity contribution in [3.8, 4) is 5.75 Å². The zero-order chi connectivity index (χ0) is 22.7. The van der Waals surface area contributed by atoms with E-state index in [9.17, 15) is 30.3 Å². The van der Waals surface area contributed by atoms with Crippen molar-refractivity contribution in [2.24, 2.45) is 0 Å². The minimum absolute atomic E-state index is 0.0159. The summed E-state index contributed by atoms with van der Waals surface area (Å²) >= 11 is 0. The van der Waals surface area contributed by atoms with Gasteiger partial charge in [-0.1, -0.05) is 35.4 Å². The van der Waals surface area contributed by atoms with Gasteiger partial charge < -0.3 is 5.11 Å². The van der Waals surface area contributed by atoms with Gasteiger partial charge in [0.25, 0.3) is 17.1 Å². The third-order valence-electron chi connectivity index (χ3n) is 3.55. The number of nitrogens with zero attached hydrogens (tertiary/aromatic N) is 3. The molecule has 0 aromatic heterocycles. The normalized spacial score (nSPS) is 9.27. The van der Waals surface area contributed by atoms with E-state index in [2.05, 4.69) is 0 Å². The van der Waals surface area contributed by atoms with E-state index in [4.69, 9.17) is 5.11 Å². The maximum Gasteiger partial charge on any atom is 0.269 e. The Labute approximate surface area is 171 Å². The quantitative estimate of drug-likeness (QED) is 0.463. The summed E-state index contributed by atoms with van der Waals surface area (Å²) in [7, 11) is 0. The molecular weight excluding hydrogens is 394 g/mol. The van der Waals surface area contributed by atoms with E-state index in [0.717, 1.165) is 11.1 Å². The Hall–Kier alpha value is -4.34. The average molecular weight is 413 g/mol. The number of hydrogen-bond acceptors (Lipinski definition) is 7. The van der Waals surface area contributed by atoms with Crippen molar-refractivity contribution in [3.05, 3.63) is 114 Å². The Morgan fingerprint density at radius 2 is 0.767 bits per heavy atom. The predicted octanol–water partition coefficient (Wildman–Crippen LogP) is 5.11. The van der Waals surface area contributed by atoms with E-state index in [0.29, 0.717) is 0 Å². The second-order valence-corrected chi connectivity index (χ2v) is 5.96. The summed E-state index contributed by atoms with van der Waals surface area (Å²) in [5.41, 5.74) is 2.34. The average Bonchev–Trinajstić information content (AvgIpc) is 2.70. The monoisotopic (exact) mass is 413 g/mol. The lowest BCUT2D eigenvalue weighted by Crippen LogP contribution is -1.86. The number of non-ortho nitro benzene ring substituents is 3. The molecule has 0 saturated carbocycles. The topological polar surface area (TPSA) is 150 Å². The zero-order valence-corrected chi connectivity index (χ0v) is 16.2. The molecule has 0 unspecified atom stereocenters. The van der Waals surface area contributed by atoms with Gasteiger partial charge in [0.1, 0.15) is 5.75 Å². The highest BCUT2D eigenvalue weighted by Gasteiger charge is 2.02. The van der Waals surface area contributed by atoms with Crippen LogP contribution in [0.1, 0.15) is 11.1 Å². The molecule has 3 rings (SSSR count). The van der Waals surface area contributed by atoms with Crippen LogP contribution in [0.3, 0.4) is 0 Å². The molecule has 0 atom stereocenters. The fraction of sp³-hybridized carbons (Fsp3) is 0.100. The van der Waals surface area contributed by atoms with Gasteiger partial charge in [-0.05, 0) is 26.0 Å². The van der Waals surface area contributed by atoms with Gasteiger partial charge in [-0.2, -0.15) is 0 Å². The highest BCUT2D eigenvalue weighted by Crippen LogP contribution is 2.15. The Morgan fingerprint density at radius 1 is 0.533 bits per heavy atom. The fourth-order valence-electron chi connectivity index (χ4n) is 1.91. The van der Waals surface area contributed by atoms with Crippen LogP contribution in [0.5, 0.6) is 5.75 Å². The molecule has 0 aliphatic heterocycles. The Bertz CT molecular complexity index is 854. The number of hydrogen-bond donors (Lipinski definition) is 1. The first-order valence-corrected chi connectivity index (χ1v) is 8.45. The van der Waals surface area contributed by atoms with Crippen molar-refractivity contribution >= 4 is 17.1 Å². The van der Waals surface area contributed by atoms with Crippen LogP contribution >= 0.6 is 0 Å². The summed E-state index contributed by atoms with van der Waals surface area (Å²) in [6.07, 6.45) is 0. The number of benzene rings is 3. The molecule has 0 amide bonds. The fourth-order valence-corrected chi connectivity index (χ4v) is 1.91. The van der Waals surface area contributed by atoms with Crippen LogP contribution in [0.4, 0.5) is 17.1 Å². The van der Waals surface area contributed by atoms with Gasteiger partial charge in [0.15, 0.2) is 0 Å². The smallest absolute Gasteiger partial charge is 0.269 e. The predicted molar refractivity (Wildman–Crippen MR) is 110 cm³/mol. The third kappa shape index (κ3) is 8.57. The number of nitro groups is 3. The Balaban J connectivity index is 0.000000225. The molecule has 156 valence electrons. The molecule has 0 heterocycles. The molecule has 3 aromatic carbocycles. The molecular formula is C20H19N3O7. The van der Waals surface area contributed by atoms with Crippen molar-refractivity contribution < 1.29 is 19.9 Å². The lowest BCUT2D eigenvalue weighted by atomic mass is 10.2. The van der Waals surface area contributed by atoms with Crippen LogP contribution < -0.4 is 0 Å². The minimum Gasteiger partial charge on any atom is -0.508 e. The molecule has 0 bridgehead atoms. The summed E-state index contributed by atoms with van der Waals surface area (Å²) in [5, 5.41) is 39.0. The SMILES string of the molecule is Cc1ccc([N+](=O)[O-])cc1.Cc1ccc([N+](=O)[O-])cc1.O=[N+]([O-])c1ccc(O)cc1. The number of phenols is 1. The maximum absolute atomic E-state index is 10.1. The molecule has 1 N–H and O–H groups in total. The van der Waals surface area contributed by atoms with Crippen molar-refractivity contribution in [1.29, 1.82) is 0 Å². The summed E-state index contributed by atoms with van der Waals surface area (Å²) < 4.78 is 0. The molecule has 30 heavy (non-hydrogen) atoms. The van der Waals surface area contributed by atoms with Crippen LogP contribution in [0.15, 0.2) is 72.8 Å². The standard InChI is InChI=1S/2C7H7NO2.C6H5NO3/c2*1-6-2-4-7(5-3-6)8(9)10;8-6-3-1-5(2-4-6)7(9)10/h2*2-5H,1H3;1-4,8H. The lowest BCUT2D eigenvalue weighted by molar-refractivity contribution is -0.385. The molecule has 0 spiro atoms. The van der Waals surface area contributed by atoms with Crippen molar-refractivity contribution in [1.82, 2.24) is 0 Å². The first kappa shape index (κ1) is 23.7. The number of aryl methyl sites for hydroxylation is 2. The Morgan fingerprint density at radius 3 is 1.00 bits per heavy atom. The maximum atomic E-state index is 10.1. The molecule has 10 nitrogen and oxygen atoms in total. The van der Waals surface area contributed by atoms with E-state index in [1.54, 1.807) is 24.3 Å². The van der Waals surface area contributed by atoms with E-state index in [-0.39, 0.29) is 22.8 Å². The van der Waals surface area contributed by atoms with Gasteiger partial charge in [0.05, 0.1) is 14.8 Å². The van der Waals surface area contributed by atoms with Gasteiger partial charge in [0, 0.05) is 36.4 Å². The number of nitro benzene ring substituents is 3. The van der Waals surface area contributed by atoms with Crippen molar-refractivity contribution in [2.45, 2.75) is 13.8 Å². The van der Waals surface area contributed by atoms with Gasteiger partial charge >= 0.3 is 0 Å². The molecule has 0 aliphatic carbocycles. The van der Waals surface area contributed by atoms with E-state index >= 15 is 0 Å². The second kappa shape index (κ2) is 11.5. The highest BCUT2D eigenvalue weighted by molar-refractivity contribution is 5.35. The highest BCUT2D eigenvalue weighted by atomic mass is 16.6. The molecule has 0 saturated heterocycles. The van der Waals surface area contributed by atoms with Crippen LogP contribution in [-0.2, 0) is 0 Å². The molecule has 0 aliphatic rings. The van der Waals surface area contributed by atoms with Gasteiger partial charge in [-0.25, -0.2) is 0 Å². The van der Waals surface area contributed by atoms with Crippen LogP contribution in [0.25, 0.3) is 0 Å². The second-order valence-electron chi connectivity index (χ2n) is 5.96. The van der Waals surface area contributed by atoms with Gasteiger partial charge in [-0.3, -0.25) is 30.3 Å². The first-order chi connectivity index (χ1) is 14.1. The molecule has 0 radical (unpaired) electrons. The van der Waals surface area contributed by atoms with E-state index < -0.39 is 14.8 Å². The van der Waals surface area contributed by atoms with Crippen LogP contribution in [0.2, 0.25) is 0 Å². The largest absolute Gasteiger partial charge is 0.508 e. The number of phenolic OH excluding ortho intramolecular Hbond substituents is 1. The van der Waals surface area contributed by atoms with Crippen molar-refractivity contribution in [3.63, 3.8) is 0 Å². The summed E-state index contributed by atoms with van der Waals surface area (Å²) in [4.78, 5) is 29.0. The number of rotatable bonds is 3. The Kier molecular flexibility index (Phi) is 9.08. The van der Waals surface area contributed by atoms with Crippen molar-refractivity contribution in [2.75, 3.05) is 0 Å². The minimum atomic E-state index is -0.514. The first-order valence-electron chi connectivity index (χ1n) is 8.45. The molecule has 0 fully saturated rings. The lowest BCUT2D eigenvalue weighted by Gasteiger charge is -1.90. The van der Waals surface area contributed by atoms with E-state index in [1.165, 1.54) is 48.5 Å². The van der Waals surface area contributed by atoms with Crippen LogP contribution in [-0.4, -0.2) is 19.9 Å². The molecule has 10 heteroatoms. The summed E-state index contributed by atoms with van der Waals surface area (Å²) in [5.74, 6) is 0.0330. The van der Waals surface area contributed by atoms with Gasteiger partial charge in [-0.15, -0.1) is 0 Å².